The van der Waals surface area contributed by atoms with Gasteiger partial charge in [-0.3, -0.25) is 9.59 Å². The number of hydrogen-bond donors (Lipinski definition) is 6. The summed E-state index contributed by atoms with van der Waals surface area (Å²) in [7, 11) is 0. The van der Waals surface area contributed by atoms with Gasteiger partial charge in [0.15, 0.2) is 0 Å². The van der Waals surface area contributed by atoms with E-state index < -0.39 is 0 Å². The zero-order valence-corrected chi connectivity index (χ0v) is 24.9. The van der Waals surface area contributed by atoms with Gasteiger partial charge in [-0.15, -0.1) is 0 Å². The molecule has 3 aromatic rings. The van der Waals surface area contributed by atoms with Gasteiger partial charge in [0.1, 0.15) is 11.6 Å². The maximum absolute atomic E-state index is 13.2. The van der Waals surface area contributed by atoms with Gasteiger partial charge in [0.25, 0.3) is 11.8 Å². The maximum atomic E-state index is 13.2. The molecular weight excluding hydrogens is 544 g/mol. The third-order valence-corrected chi connectivity index (χ3v) is 6.76. The second-order valence-corrected chi connectivity index (χ2v) is 9.94. The van der Waals surface area contributed by atoms with Gasteiger partial charge in [-0.25, -0.2) is 9.98 Å². The van der Waals surface area contributed by atoms with E-state index in [1.165, 1.54) is 0 Å². The lowest BCUT2D eigenvalue weighted by Crippen LogP contribution is -2.23. The summed E-state index contributed by atoms with van der Waals surface area (Å²) in [6.45, 7) is 11.5. The van der Waals surface area contributed by atoms with Gasteiger partial charge in [-0.2, -0.15) is 0 Å². The summed E-state index contributed by atoms with van der Waals surface area (Å²) in [6.07, 6.45) is 5.20. The van der Waals surface area contributed by atoms with E-state index in [1.807, 2.05) is 57.2 Å². The van der Waals surface area contributed by atoms with Crippen molar-refractivity contribution in [3.8, 4) is 11.1 Å². The Morgan fingerprint density at radius 1 is 0.884 bits per heavy atom. The monoisotopic (exact) mass is 584 g/mol. The lowest BCUT2D eigenvalue weighted by molar-refractivity contribution is 0.0963. The fraction of sp³-hybridized carbons (Fsp3) is 0.273. The number of carbonyl (C=O) groups is 2. The van der Waals surface area contributed by atoms with Crippen LogP contribution in [0.4, 0.5) is 5.82 Å². The Hall–Kier alpha value is -4.48. The van der Waals surface area contributed by atoms with E-state index >= 15 is 0 Å². The van der Waals surface area contributed by atoms with Crippen molar-refractivity contribution in [2.75, 3.05) is 38.2 Å². The molecule has 1 aromatic heterocycles. The second kappa shape index (κ2) is 16.8. The number of hydrogen-bond acceptors (Lipinski definition) is 8. The number of nitrogens with zero attached hydrogens (tertiary/aromatic N) is 2. The molecular formula is C33H40N6O4. The number of aromatic nitrogens is 1. The SMILES string of the molecule is C=N/C(=C\C=C(/C)CNCCO)NC(=O)c1cccc(-c2cccc(C(=O)Nc3ccc(CNCCO)cn3)c2C)c1C. The first-order valence-corrected chi connectivity index (χ1v) is 14.0. The molecule has 0 radical (unpaired) electrons. The van der Waals surface area contributed by atoms with Gasteiger partial charge >= 0.3 is 0 Å². The summed E-state index contributed by atoms with van der Waals surface area (Å²) < 4.78 is 0. The number of allylic oxidation sites excluding steroid dienone is 2. The molecule has 0 spiro atoms. The van der Waals surface area contributed by atoms with Crippen LogP contribution >= 0.6 is 0 Å². The average Bonchev–Trinajstić information content (AvgIpc) is 3.00. The number of aliphatic hydroxyl groups is 2. The van der Waals surface area contributed by atoms with Gasteiger partial charge in [-0.1, -0.05) is 42.0 Å². The molecule has 0 unspecified atom stereocenters. The minimum atomic E-state index is -0.324. The van der Waals surface area contributed by atoms with Crippen molar-refractivity contribution in [1.29, 1.82) is 0 Å². The molecule has 0 aliphatic rings. The molecule has 2 aromatic carbocycles. The zero-order valence-electron chi connectivity index (χ0n) is 24.9. The Balaban J connectivity index is 1.78. The van der Waals surface area contributed by atoms with Crippen molar-refractivity contribution in [3.05, 3.63) is 106 Å². The molecule has 2 amide bonds. The van der Waals surface area contributed by atoms with Crippen LogP contribution in [0.3, 0.4) is 0 Å². The van der Waals surface area contributed by atoms with Crippen molar-refractivity contribution in [1.82, 2.24) is 20.9 Å². The Bertz CT molecular complexity index is 1480. The summed E-state index contributed by atoms with van der Waals surface area (Å²) in [5.74, 6) is 0.136. The highest BCUT2D eigenvalue weighted by Crippen LogP contribution is 2.30. The molecule has 0 bridgehead atoms. The number of aliphatic hydroxyl groups excluding tert-OH is 2. The van der Waals surface area contributed by atoms with E-state index in [2.05, 4.69) is 38.0 Å². The van der Waals surface area contributed by atoms with Crippen LogP contribution in [0, 0.1) is 13.8 Å². The highest BCUT2D eigenvalue weighted by atomic mass is 16.3. The Morgan fingerprint density at radius 2 is 1.51 bits per heavy atom. The van der Waals surface area contributed by atoms with Crippen molar-refractivity contribution >= 4 is 24.3 Å². The van der Waals surface area contributed by atoms with Gasteiger partial charge in [0.2, 0.25) is 0 Å². The number of pyridine rings is 1. The van der Waals surface area contributed by atoms with Crippen LogP contribution in [-0.4, -0.2) is 66.6 Å². The Labute approximate surface area is 252 Å². The van der Waals surface area contributed by atoms with Gasteiger partial charge in [-0.05, 0) is 79.6 Å². The van der Waals surface area contributed by atoms with Crippen molar-refractivity contribution in [2.24, 2.45) is 4.99 Å². The minimum absolute atomic E-state index is 0.0612. The number of rotatable bonds is 15. The summed E-state index contributed by atoms with van der Waals surface area (Å²) in [4.78, 5) is 34.7. The maximum Gasteiger partial charge on any atom is 0.257 e. The fourth-order valence-electron chi connectivity index (χ4n) is 4.41. The molecule has 0 atom stereocenters. The third kappa shape index (κ3) is 9.52. The number of amides is 2. The van der Waals surface area contributed by atoms with Crippen LogP contribution in [0.15, 0.2) is 83.3 Å². The second-order valence-electron chi connectivity index (χ2n) is 9.94. The Kier molecular flexibility index (Phi) is 12.9. The van der Waals surface area contributed by atoms with Crippen LogP contribution < -0.4 is 21.3 Å². The number of aliphatic imine (C=N–C) groups is 1. The molecule has 1 heterocycles. The summed E-state index contributed by atoms with van der Waals surface area (Å²) in [5, 5.41) is 29.7. The molecule has 3 rings (SSSR count). The Morgan fingerprint density at radius 3 is 2.09 bits per heavy atom. The quantitative estimate of drug-likeness (QED) is 0.0910. The van der Waals surface area contributed by atoms with E-state index in [1.54, 1.807) is 30.5 Å². The van der Waals surface area contributed by atoms with E-state index in [0.717, 1.165) is 33.4 Å². The molecule has 226 valence electrons. The lowest BCUT2D eigenvalue weighted by Gasteiger charge is -2.16. The van der Waals surface area contributed by atoms with Gasteiger partial charge in [0.05, 0.1) is 13.2 Å². The van der Waals surface area contributed by atoms with Gasteiger partial charge in [0, 0.05) is 43.5 Å². The van der Waals surface area contributed by atoms with Crippen LogP contribution in [0.1, 0.15) is 44.3 Å². The predicted molar refractivity (Wildman–Crippen MR) is 171 cm³/mol. The molecule has 0 fully saturated rings. The van der Waals surface area contributed by atoms with Crippen LogP contribution in [0.5, 0.6) is 0 Å². The molecule has 0 saturated carbocycles. The molecule has 10 nitrogen and oxygen atoms in total. The first-order valence-electron chi connectivity index (χ1n) is 14.0. The number of carbonyl (C=O) groups excluding carboxylic acids is 2. The summed E-state index contributed by atoms with van der Waals surface area (Å²) in [6, 6.07) is 14.6. The van der Waals surface area contributed by atoms with Crippen molar-refractivity contribution in [3.63, 3.8) is 0 Å². The topological polar surface area (TPSA) is 148 Å². The first kappa shape index (κ1) is 33.0. The normalized spacial score (nSPS) is 11.7. The lowest BCUT2D eigenvalue weighted by atomic mass is 9.91. The number of benzene rings is 2. The standard InChI is InChI=1S/C33H40N6O4/c1-22(19-35-15-17-40)11-13-30(34-4)38-32(42)28-9-5-7-26(23(28)2)27-8-6-10-29(24(27)3)33(43)39-31-14-12-25(21-37-31)20-36-16-18-41/h5-14,21,35-36,40-41H,4,15-20H2,1-3H3,(H,38,42)(H,37,39,43)/b22-11+,30-13+. The molecule has 0 aliphatic carbocycles. The third-order valence-electron chi connectivity index (χ3n) is 6.76. The number of nitrogens with one attached hydrogen (secondary N) is 4. The zero-order chi connectivity index (χ0) is 31.2. The van der Waals surface area contributed by atoms with E-state index in [0.29, 0.717) is 48.9 Å². The van der Waals surface area contributed by atoms with E-state index in [4.69, 9.17) is 10.2 Å². The van der Waals surface area contributed by atoms with Crippen LogP contribution in [0.2, 0.25) is 0 Å². The van der Waals surface area contributed by atoms with Crippen molar-refractivity contribution in [2.45, 2.75) is 27.3 Å². The molecule has 0 aliphatic heterocycles. The largest absolute Gasteiger partial charge is 0.395 e. The summed E-state index contributed by atoms with van der Waals surface area (Å²) in [5.41, 5.74) is 6.12. The van der Waals surface area contributed by atoms with E-state index in [9.17, 15) is 9.59 Å². The smallest absolute Gasteiger partial charge is 0.257 e. The van der Waals surface area contributed by atoms with Crippen LogP contribution in [0.25, 0.3) is 11.1 Å². The number of anilines is 1. The molecule has 10 heteroatoms. The van der Waals surface area contributed by atoms with Crippen molar-refractivity contribution < 1.29 is 19.8 Å². The highest BCUT2D eigenvalue weighted by Gasteiger charge is 2.18. The molecule has 43 heavy (non-hydrogen) atoms. The summed E-state index contributed by atoms with van der Waals surface area (Å²) >= 11 is 0. The average molecular weight is 585 g/mol. The van der Waals surface area contributed by atoms with Crippen LogP contribution in [-0.2, 0) is 6.54 Å². The molecule has 0 saturated heterocycles. The van der Waals surface area contributed by atoms with Gasteiger partial charge < -0.3 is 31.5 Å². The molecule has 6 N–H and O–H groups in total. The van der Waals surface area contributed by atoms with E-state index in [-0.39, 0.29) is 25.0 Å². The first-order chi connectivity index (χ1) is 20.8. The predicted octanol–water partition coefficient (Wildman–Crippen LogP) is 3.50. The fourth-order valence-corrected chi connectivity index (χ4v) is 4.41. The highest BCUT2D eigenvalue weighted by molar-refractivity contribution is 6.06. The minimum Gasteiger partial charge on any atom is -0.395 e.